The molecule has 1 aliphatic carbocycles. The van der Waals surface area contributed by atoms with Crippen molar-refractivity contribution < 1.29 is 0 Å². The minimum Gasteiger partial charge on any atom is -0.320 e. The molecule has 2 heteroatoms. The number of hydrogen-bond donors (Lipinski definition) is 1. The van der Waals surface area contributed by atoms with Crippen molar-refractivity contribution in [2.24, 2.45) is 5.73 Å². The molecule has 1 aliphatic rings. The summed E-state index contributed by atoms with van der Waals surface area (Å²) in [5.74, 6) is 0. The summed E-state index contributed by atoms with van der Waals surface area (Å²) < 4.78 is 0. The van der Waals surface area contributed by atoms with Crippen LogP contribution in [0.2, 0.25) is 0 Å². The van der Waals surface area contributed by atoms with Crippen LogP contribution in [0.5, 0.6) is 0 Å². The Bertz CT molecular complexity index is 301. The fourth-order valence-electron chi connectivity index (χ4n) is 2.07. The molecule has 1 fully saturated rings. The molecule has 0 atom stereocenters. The third-order valence-corrected chi connectivity index (χ3v) is 2.92. The summed E-state index contributed by atoms with van der Waals surface area (Å²) in [7, 11) is 0. The van der Waals surface area contributed by atoms with Crippen molar-refractivity contribution in [2.45, 2.75) is 38.1 Å². The molecular weight excluding hydrogens is 160 g/mol. The maximum absolute atomic E-state index is 6.29. The first-order chi connectivity index (χ1) is 6.21. The predicted octanol–water partition coefficient (Wildman–Crippen LogP) is 2.12. The lowest BCUT2D eigenvalue weighted by Gasteiger charge is -2.22. The van der Waals surface area contributed by atoms with E-state index in [-0.39, 0.29) is 5.54 Å². The monoisotopic (exact) mass is 176 g/mol. The third kappa shape index (κ3) is 1.59. The normalized spacial score (nSPS) is 20.5. The van der Waals surface area contributed by atoms with E-state index in [1.165, 1.54) is 18.4 Å². The zero-order valence-electron chi connectivity index (χ0n) is 8.09. The summed E-state index contributed by atoms with van der Waals surface area (Å²) in [4.78, 5) is 4.37. The summed E-state index contributed by atoms with van der Waals surface area (Å²) >= 11 is 0. The van der Waals surface area contributed by atoms with E-state index in [2.05, 4.69) is 18.0 Å². The average Bonchev–Trinajstić information content (AvgIpc) is 2.54. The Morgan fingerprint density at radius 3 is 2.69 bits per heavy atom. The molecule has 1 saturated carbocycles. The van der Waals surface area contributed by atoms with Crippen molar-refractivity contribution in [2.75, 3.05) is 0 Å². The molecule has 0 saturated heterocycles. The molecular formula is C11H16N2. The van der Waals surface area contributed by atoms with Gasteiger partial charge in [0.05, 0.1) is 11.2 Å². The van der Waals surface area contributed by atoms with Gasteiger partial charge in [-0.2, -0.15) is 0 Å². The highest BCUT2D eigenvalue weighted by atomic mass is 14.8. The molecule has 0 amide bonds. The molecule has 0 aliphatic heterocycles. The van der Waals surface area contributed by atoms with Crippen molar-refractivity contribution in [3.05, 3.63) is 29.6 Å². The van der Waals surface area contributed by atoms with Gasteiger partial charge in [-0.25, -0.2) is 0 Å². The average molecular weight is 176 g/mol. The Morgan fingerprint density at radius 2 is 2.08 bits per heavy atom. The van der Waals surface area contributed by atoms with Gasteiger partial charge in [0.15, 0.2) is 0 Å². The van der Waals surface area contributed by atoms with Gasteiger partial charge < -0.3 is 5.73 Å². The fourth-order valence-corrected chi connectivity index (χ4v) is 2.07. The van der Waals surface area contributed by atoms with E-state index < -0.39 is 0 Å². The van der Waals surface area contributed by atoms with Crippen LogP contribution in [0.25, 0.3) is 0 Å². The molecule has 0 radical (unpaired) electrons. The van der Waals surface area contributed by atoms with Gasteiger partial charge in [-0.05, 0) is 37.5 Å². The highest BCUT2D eigenvalue weighted by molar-refractivity contribution is 5.22. The summed E-state index contributed by atoms with van der Waals surface area (Å²) in [5.41, 5.74) is 8.48. The summed E-state index contributed by atoms with van der Waals surface area (Å²) in [6, 6.07) is 4.13. The van der Waals surface area contributed by atoms with Gasteiger partial charge in [0.1, 0.15) is 0 Å². The van der Waals surface area contributed by atoms with Crippen molar-refractivity contribution in [3.63, 3.8) is 0 Å². The molecule has 1 aromatic heterocycles. The van der Waals surface area contributed by atoms with E-state index in [4.69, 9.17) is 5.73 Å². The second-order valence-electron chi connectivity index (χ2n) is 4.08. The Kier molecular flexibility index (Phi) is 2.08. The standard InChI is InChI=1S/C11H16N2/c1-9-4-7-13-10(8-9)11(12)5-2-3-6-11/h4,7-8H,2-3,5-6,12H2,1H3. The zero-order chi connectivity index (χ0) is 9.31. The SMILES string of the molecule is Cc1ccnc(C2(N)CCCC2)c1. The smallest absolute Gasteiger partial charge is 0.0605 e. The summed E-state index contributed by atoms with van der Waals surface area (Å²) in [6.07, 6.45) is 6.52. The number of nitrogens with two attached hydrogens (primary N) is 1. The molecule has 0 bridgehead atoms. The largest absolute Gasteiger partial charge is 0.320 e. The second kappa shape index (κ2) is 3.11. The lowest BCUT2D eigenvalue weighted by Crippen LogP contribution is -2.34. The first kappa shape index (κ1) is 8.70. The molecule has 70 valence electrons. The number of nitrogens with zero attached hydrogens (tertiary/aromatic N) is 1. The highest BCUT2D eigenvalue weighted by Gasteiger charge is 2.32. The Balaban J connectivity index is 2.33. The van der Waals surface area contributed by atoms with E-state index in [1.54, 1.807) is 0 Å². The van der Waals surface area contributed by atoms with Crippen LogP contribution in [0, 0.1) is 6.92 Å². The second-order valence-corrected chi connectivity index (χ2v) is 4.08. The molecule has 1 heterocycles. The van der Waals surface area contributed by atoms with E-state index >= 15 is 0 Å². The number of hydrogen-bond acceptors (Lipinski definition) is 2. The fraction of sp³-hybridized carbons (Fsp3) is 0.545. The van der Waals surface area contributed by atoms with E-state index in [0.29, 0.717) is 0 Å². The molecule has 0 spiro atoms. The van der Waals surface area contributed by atoms with Crippen molar-refractivity contribution in [1.82, 2.24) is 4.98 Å². The Labute approximate surface area is 79.2 Å². The predicted molar refractivity (Wildman–Crippen MR) is 53.3 cm³/mol. The van der Waals surface area contributed by atoms with Crippen LogP contribution >= 0.6 is 0 Å². The van der Waals surface area contributed by atoms with Gasteiger partial charge in [-0.15, -0.1) is 0 Å². The van der Waals surface area contributed by atoms with Gasteiger partial charge in [-0.1, -0.05) is 12.8 Å². The van der Waals surface area contributed by atoms with Crippen LogP contribution in [0.3, 0.4) is 0 Å². The quantitative estimate of drug-likeness (QED) is 0.711. The van der Waals surface area contributed by atoms with Crippen LogP contribution < -0.4 is 5.73 Å². The van der Waals surface area contributed by atoms with Crippen LogP contribution in [0.4, 0.5) is 0 Å². The lowest BCUT2D eigenvalue weighted by molar-refractivity contribution is 0.447. The number of aryl methyl sites for hydroxylation is 1. The van der Waals surface area contributed by atoms with Gasteiger partial charge in [0.25, 0.3) is 0 Å². The summed E-state index contributed by atoms with van der Waals surface area (Å²) in [6.45, 7) is 2.09. The van der Waals surface area contributed by atoms with Gasteiger partial charge in [0, 0.05) is 6.20 Å². The third-order valence-electron chi connectivity index (χ3n) is 2.92. The number of aromatic nitrogens is 1. The maximum Gasteiger partial charge on any atom is 0.0605 e. The van der Waals surface area contributed by atoms with E-state index in [9.17, 15) is 0 Å². The molecule has 1 aromatic rings. The van der Waals surface area contributed by atoms with E-state index in [0.717, 1.165) is 18.5 Å². The molecule has 2 N–H and O–H groups in total. The topological polar surface area (TPSA) is 38.9 Å². The van der Waals surface area contributed by atoms with Crippen LogP contribution in [-0.4, -0.2) is 4.98 Å². The van der Waals surface area contributed by atoms with Crippen LogP contribution in [0.1, 0.15) is 36.9 Å². The highest BCUT2D eigenvalue weighted by Crippen LogP contribution is 2.35. The van der Waals surface area contributed by atoms with Crippen molar-refractivity contribution in [3.8, 4) is 0 Å². The first-order valence-corrected chi connectivity index (χ1v) is 4.93. The molecule has 2 nitrogen and oxygen atoms in total. The van der Waals surface area contributed by atoms with Crippen molar-refractivity contribution >= 4 is 0 Å². The maximum atomic E-state index is 6.29. The van der Waals surface area contributed by atoms with Gasteiger partial charge >= 0.3 is 0 Å². The molecule has 0 unspecified atom stereocenters. The van der Waals surface area contributed by atoms with Gasteiger partial charge in [-0.3, -0.25) is 4.98 Å². The minimum atomic E-state index is -0.133. The van der Waals surface area contributed by atoms with Crippen LogP contribution in [-0.2, 0) is 5.54 Å². The molecule has 13 heavy (non-hydrogen) atoms. The first-order valence-electron chi connectivity index (χ1n) is 4.93. The summed E-state index contributed by atoms with van der Waals surface area (Å²) in [5, 5.41) is 0. The van der Waals surface area contributed by atoms with Gasteiger partial charge in [0.2, 0.25) is 0 Å². The zero-order valence-corrected chi connectivity index (χ0v) is 8.09. The Morgan fingerprint density at radius 1 is 1.38 bits per heavy atom. The molecule has 2 rings (SSSR count). The number of rotatable bonds is 1. The minimum absolute atomic E-state index is 0.133. The van der Waals surface area contributed by atoms with E-state index in [1.807, 2.05) is 12.3 Å². The lowest BCUT2D eigenvalue weighted by atomic mass is 9.93. The van der Waals surface area contributed by atoms with Crippen molar-refractivity contribution in [1.29, 1.82) is 0 Å². The molecule has 0 aromatic carbocycles. The van der Waals surface area contributed by atoms with Crippen LogP contribution in [0.15, 0.2) is 18.3 Å². The Hall–Kier alpha value is -0.890. The number of pyridine rings is 1.